The molecule has 0 bridgehead atoms. The van der Waals surface area contributed by atoms with E-state index in [4.69, 9.17) is 0 Å². The van der Waals surface area contributed by atoms with E-state index in [2.05, 4.69) is 46.4 Å². The van der Waals surface area contributed by atoms with E-state index in [1.807, 2.05) is 52.0 Å². The smallest absolute Gasteiger partial charge is 0.197 e. The van der Waals surface area contributed by atoms with Crippen LogP contribution in [0.3, 0.4) is 0 Å². The topological polar surface area (TPSA) is 42.9 Å². The minimum atomic E-state index is -0.0667. The van der Waals surface area contributed by atoms with Gasteiger partial charge in [-0.3, -0.25) is 14.8 Å². The summed E-state index contributed by atoms with van der Waals surface area (Å²) >= 11 is 0. The SMILES string of the molecule is Cc1ccc(C)c(-c2ncccc2C(=O)c2cccnc2-c2cc(C)ccc2C)c1. The largest absolute Gasteiger partial charge is 0.288 e. The van der Waals surface area contributed by atoms with E-state index in [9.17, 15) is 4.79 Å². The highest BCUT2D eigenvalue weighted by Gasteiger charge is 2.21. The molecule has 0 aliphatic heterocycles. The third-order valence-electron chi connectivity index (χ3n) is 5.40. The van der Waals surface area contributed by atoms with Crippen molar-refractivity contribution in [3.63, 3.8) is 0 Å². The summed E-state index contributed by atoms with van der Waals surface area (Å²) in [5, 5.41) is 0. The first kappa shape index (κ1) is 19.7. The standard InChI is InChI=1S/C27H24N2O/c1-17-9-11-19(3)23(15-17)25-21(7-5-13-28-25)27(30)22-8-6-14-29-26(22)24-16-18(2)10-12-20(24)4/h5-16H,1-4H3. The number of benzene rings is 2. The van der Waals surface area contributed by atoms with Gasteiger partial charge in [0.25, 0.3) is 0 Å². The second-order valence-corrected chi connectivity index (χ2v) is 7.77. The molecule has 0 N–H and O–H groups in total. The Morgan fingerprint density at radius 1 is 0.633 bits per heavy atom. The highest BCUT2D eigenvalue weighted by atomic mass is 16.1. The second kappa shape index (κ2) is 8.03. The number of pyridine rings is 2. The average molecular weight is 393 g/mol. The molecule has 2 heterocycles. The summed E-state index contributed by atoms with van der Waals surface area (Å²) in [6, 6.07) is 19.8. The van der Waals surface area contributed by atoms with E-state index in [1.54, 1.807) is 12.4 Å². The lowest BCUT2D eigenvalue weighted by Gasteiger charge is -2.14. The van der Waals surface area contributed by atoms with Crippen molar-refractivity contribution in [2.24, 2.45) is 0 Å². The summed E-state index contributed by atoms with van der Waals surface area (Å²) in [5.74, 6) is -0.0667. The van der Waals surface area contributed by atoms with Gasteiger partial charge in [0.15, 0.2) is 5.78 Å². The molecule has 0 amide bonds. The van der Waals surface area contributed by atoms with Gasteiger partial charge in [-0.25, -0.2) is 0 Å². The minimum absolute atomic E-state index is 0.0667. The van der Waals surface area contributed by atoms with E-state index < -0.39 is 0 Å². The van der Waals surface area contributed by atoms with Gasteiger partial charge in [-0.15, -0.1) is 0 Å². The van der Waals surface area contributed by atoms with Crippen molar-refractivity contribution in [3.05, 3.63) is 106 Å². The van der Waals surface area contributed by atoms with Gasteiger partial charge in [-0.2, -0.15) is 0 Å². The maximum atomic E-state index is 13.7. The van der Waals surface area contributed by atoms with Gasteiger partial charge in [0, 0.05) is 34.6 Å². The number of nitrogens with zero attached hydrogens (tertiary/aromatic N) is 2. The summed E-state index contributed by atoms with van der Waals surface area (Å²) in [7, 11) is 0. The molecular formula is C27H24N2O. The number of hydrogen-bond donors (Lipinski definition) is 0. The lowest BCUT2D eigenvalue weighted by Crippen LogP contribution is -2.08. The van der Waals surface area contributed by atoms with Gasteiger partial charge in [0.1, 0.15) is 0 Å². The van der Waals surface area contributed by atoms with Crippen LogP contribution in [0.25, 0.3) is 22.5 Å². The number of carbonyl (C=O) groups is 1. The number of ketones is 1. The first-order chi connectivity index (χ1) is 14.5. The van der Waals surface area contributed by atoms with E-state index in [-0.39, 0.29) is 5.78 Å². The Bertz CT molecular complexity index is 1160. The molecule has 3 heteroatoms. The highest BCUT2D eigenvalue weighted by molar-refractivity contribution is 6.15. The highest BCUT2D eigenvalue weighted by Crippen LogP contribution is 2.31. The molecule has 2 aromatic carbocycles. The molecular weight excluding hydrogens is 368 g/mol. The zero-order chi connectivity index (χ0) is 21.3. The predicted octanol–water partition coefficient (Wildman–Crippen LogP) is 6.28. The third-order valence-corrected chi connectivity index (χ3v) is 5.40. The predicted molar refractivity (Wildman–Crippen MR) is 122 cm³/mol. The zero-order valence-electron chi connectivity index (χ0n) is 17.7. The van der Waals surface area contributed by atoms with Crippen molar-refractivity contribution >= 4 is 5.78 Å². The van der Waals surface area contributed by atoms with Crippen molar-refractivity contribution < 1.29 is 4.79 Å². The van der Waals surface area contributed by atoms with E-state index in [0.717, 1.165) is 33.4 Å². The molecule has 0 fully saturated rings. The summed E-state index contributed by atoms with van der Waals surface area (Å²) in [5.41, 5.74) is 9.01. The monoisotopic (exact) mass is 392 g/mol. The second-order valence-electron chi connectivity index (χ2n) is 7.77. The summed E-state index contributed by atoms with van der Waals surface area (Å²) in [6.45, 7) is 8.19. The van der Waals surface area contributed by atoms with Crippen LogP contribution in [-0.2, 0) is 0 Å². The quantitative estimate of drug-likeness (QED) is 0.384. The Balaban J connectivity index is 1.89. The first-order valence-electron chi connectivity index (χ1n) is 10.1. The fourth-order valence-electron chi connectivity index (χ4n) is 3.73. The number of hydrogen-bond acceptors (Lipinski definition) is 3. The van der Waals surface area contributed by atoms with E-state index in [1.165, 1.54) is 0 Å². The Morgan fingerprint density at radius 3 is 1.50 bits per heavy atom. The van der Waals surface area contributed by atoms with Crippen LogP contribution in [0.15, 0.2) is 73.1 Å². The lowest BCUT2D eigenvalue weighted by molar-refractivity contribution is 0.103. The minimum Gasteiger partial charge on any atom is -0.288 e. The number of aryl methyl sites for hydroxylation is 4. The van der Waals surface area contributed by atoms with Gasteiger partial charge in [-0.05, 0) is 75.2 Å². The molecule has 4 aromatic rings. The molecule has 0 aliphatic carbocycles. The molecule has 0 saturated heterocycles. The molecule has 0 unspecified atom stereocenters. The Labute approximate surface area is 177 Å². The molecule has 2 aromatic heterocycles. The molecule has 0 atom stereocenters. The Hall–Kier alpha value is -3.59. The Morgan fingerprint density at radius 2 is 1.07 bits per heavy atom. The zero-order valence-corrected chi connectivity index (χ0v) is 17.7. The molecule has 4 rings (SSSR count). The normalized spacial score (nSPS) is 10.8. The van der Waals surface area contributed by atoms with E-state index >= 15 is 0 Å². The average Bonchev–Trinajstić information content (AvgIpc) is 2.76. The van der Waals surface area contributed by atoms with Crippen molar-refractivity contribution in [1.82, 2.24) is 9.97 Å². The molecule has 0 saturated carbocycles. The molecule has 0 aliphatic rings. The number of rotatable bonds is 4. The maximum Gasteiger partial charge on any atom is 0.197 e. The van der Waals surface area contributed by atoms with Crippen LogP contribution >= 0.6 is 0 Å². The Kier molecular flexibility index (Phi) is 5.28. The summed E-state index contributed by atoms with van der Waals surface area (Å²) in [6.07, 6.45) is 3.48. The number of carbonyl (C=O) groups excluding carboxylic acids is 1. The van der Waals surface area contributed by atoms with Crippen LogP contribution in [0.1, 0.15) is 38.2 Å². The van der Waals surface area contributed by atoms with Gasteiger partial charge in [0.2, 0.25) is 0 Å². The lowest BCUT2D eigenvalue weighted by atomic mass is 9.92. The molecule has 148 valence electrons. The fraction of sp³-hybridized carbons (Fsp3) is 0.148. The van der Waals surface area contributed by atoms with Crippen LogP contribution in [0.5, 0.6) is 0 Å². The molecule has 3 nitrogen and oxygen atoms in total. The molecule has 0 radical (unpaired) electrons. The van der Waals surface area contributed by atoms with Gasteiger partial charge >= 0.3 is 0 Å². The van der Waals surface area contributed by atoms with E-state index in [0.29, 0.717) is 22.5 Å². The third kappa shape index (κ3) is 3.67. The maximum absolute atomic E-state index is 13.7. The van der Waals surface area contributed by atoms with Crippen molar-refractivity contribution in [1.29, 1.82) is 0 Å². The van der Waals surface area contributed by atoms with Gasteiger partial charge < -0.3 is 0 Å². The fourth-order valence-corrected chi connectivity index (χ4v) is 3.73. The summed E-state index contributed by atoms with van der Waals surface area (Å²) < 4.78 is 0. The van der Waals surface area contributed by atoms with Crippen LogP contribution < -0.4 is 0 Å². The van der Waals surface area contributed by atoms with Crippen LogP contribution in [-0.4, -0.2) is 15.8 Å². The first-order valence-corrected chi connectivity index (χ1v) is 10.1. The van der Waals surface area contributed by atoms with Crippen LogP contribution in [0.2, 0.25) is 0 Å². The molecule has 30 heavy (non-hydrogen) atoms. The number of aromatic nitrogens is 2. The van der Waals surface area contributed by atoms with Crippen LogP contribution in [0, 0.1) is 27.7 Å². The van der Waals surface area contributed by atoms with Crippen LogP contribution in [0.4, 0.5) is 0 Å². The van der Waals surface area contributed by atoms with Crippen molar-refractivity contribution in [2.45, 2.75) is 27.7 Å². The summed E-state index contributed by atoms with van der Waals surface area (Å²) in [4.78, 5) is 22.9. The van der Waals surface area contributed by atoms with Crippen molar-refractivity contribution in [3.8, 4) is 22.5 Å². The van der Waals surface area contributed by atoms with Gasteiger partial charge in [0.05, 0.1) is 11.4 Å². The van der Waals surface area contributed by atoms with Gasteiger partial charge in [-0.1, -0.05) is 35.4 Å². The van der Waals surface area contributed by atoms with Crippen molar-refractivity contribution in [2.75, 3.05) is 0 Å². The molecule has 0 spiro atoms.